The Labute approximate surface area is 93.9 Å². The number of fused-ring (bicyclic) bond motifs is 2. The maximum atomic E-state index is 11.5. The highest BCUT2D eigenvalue weighted by Crippen LogP contribution is 2.34. The Bertz CT molecular complexity index is 468. The summed E-state index contributed by atoms with van der Waals surface area (Å²) in [7, 11) is 0. The van der Waals surface area contributed by atoms with Crippen LogP contribution < -0.4 is 5.32 Å². The molecule has 1 amide bonds. The molecule has 2 fully saturated rings. The molecule has 0 spiro atoms. The van der Waals surface area contributed by atoms with E-state index in [1.165, 1.54) is 18.4 Å². The summed E-state index contributed by atoms with van der Waals surface area (Å²) in [5.41, 5.74) is 2.64. The Morgan fingerprint density at radius 1 is 1.19 bits per heavy atom. The van der Waals surface area contributed by atoms with Gasteiger partial charge >= 0.3 is 0 Å². The van der Waals surface area contributed by atoms with Gasteiger partial charge in [0.25, 0.3) is 11.7 Å². The molecule has 82 valence electrons. The highest BCUT2D eigenvalue weighted by molar-refractivity contribution is 6.47. The lowest BCUT2D eigenvalue weighted by Gasteiger charge is -2.22. The molecular formula is C13H13NO2. The Balaban J connectivity index is 2.04. The summed E-state index contributed by atoms with van der Waals surface area (Å²) in [6, 6.07) is 0. The molecule has 1 saturated heterocycles. The van der Waals surface area contributed by atoms with E-state index in [-0.39, 0.29) is 0 Å². The van der Waals surface area contributed by atoms with Crippen LogP contribution in [0.4, 0.5) is 0 Å². The van der Waals surface area contributed by atoms with Crippen LogP contribution in [0, 0.1) is 5.92 Å². The van der Waals surface area contributed by atoms with Gasteiger partial charge in [0.1, 0.15) is 0 Å². The van der Waals surface area contributed by atoms with Crippen LogP contribution in [0.15, 0.2) is 35.1 Å². The summed E-state index contributed by atoms with van der Waals surface area (Å²) in [4.78, 5) is 22.8. The van der Waals surface area contributed by atoms with Crippen molar-refractivity contribution >= 4 is 11.7 Å². The zero-order valence-corrected chi connectivity index (χ0v) is 8.95. The van der Waals surface area contributed by atoms with Gasteiger partial charge in [0.05, 0.1) is 5.57 Å². The lowest BCUT2D eigenvalue weighted by molar-refractivity contribution is -0.133. The second-order valence-corrected chi connectivity index (χ2v) is 4.54. The van der Waals surface area contributed by atoms with Gasteiger partial charge in [-0.25, -0.2) is 0 Å². The van der Waals surface area contributed by atoms with Crippen molar-refractivity contribution < 1.29 is 9.59 Å². The molecule has 1 unspecified atom stereocenters. The van der Waals surface area contributed by atoms with Crippen LogP contribution in [-0.4, -0.2) is 11.7 Å². The molecule has 1 atom stereocenters. The fourth-order valence-electron chi connectivity index (χ4n) is 2.64. The molecule has 16 heavy (non-hydrogen) atoms. The van der Waals surface area contributed by atoms with Crippen LogP contribution in [-0.2, 0) is 9.59 Å². The van der Waals surface area contributed by atoms with Gasteiger partial charge in [-0.3, -0.25) is 9.59 Å². The Morgan fingerprint density at radius 2 is 2.06 bits per heavy atom. The molecule has 3 aliphatic rings. The minimum absolute atomic E-state index is 0.401. The molecule has 1 heterocycles. The van der Waals surface area contributed by atoms with E-state index in [2.05, 4.69) is 5.32 Å². The summed E-state index contributed by atoms with van der Waals surface area (Å²) in [6.45, 7) is 0. The van der Waals surface area contributed by atoms with Crippen molar-refractivity contribution in [2.24, 2.45) is 5.92 Å². The summed E-state index contributed by atoms with van der Waals surface area (Å²) in [6.07, 6.45) is 10.6. The number of hydrogen-bond donors (Lipinski definition) is 1. The monoisotopic (exact) mass is 215 g/mol. The summed E-state index contributed by atoms with van der Waals surface area (Å²) >= 11 is 0. The number of Topliss-reactive ketones (excluding diaryl/α,β-unsaturated/α-hetero) is 1. The standard InChI is InChI=1S/C13H13NO2/c15-12-10-6-5-8-3-1-2-4-9(8)7-11(10)14-13(12)16/h5-7,9H,1-4H2,(H,14,16). The van der Waals surface area contributed by atoms with Gasteiger partial charge < -0.3 is 5.32 Å². The summed E-state index contributed by atoms with van der Waals surface area (Å²) in [5, 5.41) is 2.65. The summed E-state index contributed by atoms with van der Waals surface area (Å²) < 4.78 is 0. The van der Waals surface area contributed by atoms with Gasteiger partial charge in [-0.05, 0) is 25.3 Å². The second kappa shape index (κ2) is 3.44. The molecule has 1 N–H and O–H groups in total. The molecule has 0 radical (unpaired) electrons. The fourth-order valence-corrected chi connectivity index (χ4v) is 2.64. The molecule has 3 nitrogen and oxygen atoms in total. The molecule has 1 aliphatic heterocycles. The van der Waals surface area contributed by atoms with Crippen molar-refractivity contribution in [2.45, 2.75) is 25.7 Å². The highest BCUT2D eigenvalue weighted by Gasteiger charge is 2.33. The first-order chi connectivity index (χ1) is 7.75. The van der Waals surface area contributed by atoms with Crippen LogP contribution in [0.5, 0.6) is 0 Å². The van der Waals surface area contributed by atoms with E-state index in [1.807, 2.05) is 12.2 Å². The topological polar surface area (TPSA) is 46.2 Å². The van der Waals surface area contributed by atoms with E-state index in [1.54, 1.807) is 6.08 Å². The number of carbonyl (C=O) groups excluding carboxylic acids is 2. The highest BCUT2D eigenvalue weighted by atomic mass is 16.2. The van der Waals surface area contributed by atoms with Gasteiger partial charge in [0.15, 0.2) is 0 Å². The smallest absolute Gasteiger partial charge is 0.296 e. The average molecular weight is 215 g/mol. The number of nitrogens with one attached hydrogen (secondary N) is 1. The molecule has 0 bridgehead atoms. The SMILES string of the molecule is O=C1NC2=CC3CCCCC3=CC=C2C1=O. The predicted molar refractivity (Wildman–Crippen MR) is 59.4 cm³/mol. The first kappa shape index (κ1) is 9.58. The predicted octanol–water partition coefficient (Wildman–Crippen LogP) is 1.63. The lowest BCUT2D eigenvalue weighted by atomic mass is 9.84. The van der Waals surface area contributed by atoms with Crippen molar-refractivity contribution in [3.05, 3.63) is 35.1 Å². The molecule has 0 aromatic carbocycles. The lowest BCUT2D eigenvalue weighted by Crippen LogP contribution is -2.18. The van der Waals surface area contributed by atoms with Crippen molar-refractivity contribution in [2.75, 3.05) is 0 Å². The van der Waals surface area contributed by atoms with E-state index in [9.17, 15) is 9.59 Å². The average Bonchev–Trinajstić information content (AvgIpc) is 2.49. The zero-order chi connectivity index (χ0) is 11.1. The Kier molecular flexibility index (Phi) is 2.06. The van der Waals surface area contributed by atoms with E-state index >= 15 is 0 Å². The maximum Gasteiger partial charge on any atom is 0.296 e. The van der Waals surface area contributed by atoms with E-state index in [0.717, 1.165) is 12.8 Å². The van der Waals surface area contributed by atoms with Crippen LogP contribution in [0.1, 0.15) is 25.7 Å². The number of carbonyl (C=O) groups is 2. The maximum absolute atomic E-state index is 11.5. The second-order valence-electron chi connectivity index (χ2n) is 4.54. The van der Waals surface area contributed by atoms with Crippen LogP contribution in [0.3, 0.4) is 0 Å². The Hall–Kier alpha value is -1.64. The van der Waals surface area contributed by atoms with Crippen molar-refractivity contribution in [1.82, 2.24) is 5.32 Å². The largest absolute Gasteiger partial charge is 0.319 e. The third-order valence-corrected chi connectivity index (χ3v) is 3.53. The number of hydrogen-bond acceptors (Lipinski definition) is 2. The van der Waals surface area contributed by atoms with Gasteiger partial charge in [-0.2, -0.15) is 0 Å². The number of ketones is 1. The first-order valence-electron chi connectivity index (χ1n) is 5.74. The van der Waals surface area contributed by atoms with Gasteiger partial charge in [0.2, 0.25) is 0 Å². The van der Waals surface area contributed by atoms with Crippen molar-refractivity contribution in [1.29, 1.82) is 0 Å². The molecule has 2 aliphatic carbocycles. The van der Waals surface area contributed by atoms with Gasteiger partial charge in [-0.1, -0.05) is 24.1 Å². The third-order valence-electron chi connectivity index (χ3n) is 3.53. The Morgan fingerprint density at radius 3 is 2.94 bits per heavy atom. The normalized spacial score (nSPS) is 28.2. The van der Waals surface area contributed by atoms with E-state index in [4.69, 9.17) is 0 Å². The molecule has 0 aromatic rings. The number of rotatable bonds is 0. The zero-order valence-electron chi connectivity index (χ0n) is 8.95. The molecule has 0 aromatic heterocycles. The minimum atomic E-state index is -0.495. The molecule has 3 heteroatoms. The molecular weight excluding hydrogens is 202 g/mol. The quantitative estimate of drug-likeness (QED) is 0.624. The van der Waals surface area contributed by atoms with E-state index < -0.39 is 11.7 Å². The van der Waals surface area contributed by atoms with Crippen LogP contribution in [0.2, 0.25) is 0 Å². The van der Waals surface area contributed by atoms with Gasteiger partial charge in [0, 0.05) is 11.6 Å². The minimum Gasteiger partial charge on any atom is -0.319 e. The van der Waals surface area contributed by atoms with Gasteiger partial charge in [-0.15, -0.1) is 0 Å². The number of amides is 1. The van der Waals surface area contributed by atoms with Crippen molar-refractivity contribution in [3.63, 3.8) is 0 Å². The summed E-state index contributed by atoms with van der Waals surface area (Å²) in [5.74, 6) is -0.490. The fraction of sp³-hybridized carbons (Fsp3) is 0.385. The molecule has 3 rings (SSSR count). The number of allylic oxidation sites excluding steroid dienone is 5. The van der Waals surface area contributed by atoms with Crippen LogP contribution >= 0.6 is 0 Å². The third kappa shape index (κ3) is 1.35. The van der Waals surface area contributed by atoms with Crippen molar-refractivity contribution in [3.8, 4) is 0 Å². The first-order valence-corrected chi connectivity index (χ1v) is 5.74. The molecule has 1 saturated carbocycles. The van der Waals surface area contributed by atoms with Crippen LogP contribution in [0.25, 0.3) is 0 Å². The van der Waals surface area contributed by atoms with E-state index in [0.29, 0.717) is 17.2 Å².